The molecule has 0 bridgehead atoms. The summed E-state index contributed by atoms with van der Waals surface area (Å²) in [6, 6.07) is 17.1. The van der Waals surface area contributed by atoms with Crippen molar-refractivity contribution >= 4 is 6.16 Å². The molecule has 5 nitrogen and oxygen atoms in total. The second-order valence-electron chi connectivity index (χ2n) is 16.3. The third kappa shape index (κ3) is 5.59. The van der Waals surface area contributed by atoms with Gasteiger partial charge in [-0.2, -0.15) is 0 Å². The lowest BCUT2D eigenvalue weighted by molar-refractivity contribution is 0.121. The average Bonchev–Trinajstić information content (AvgIpc) is 3.29. The lowest BCUT2D eigenvalue weighted by Gasteiger charge is -2.43. The van der Waals surface area contributed by atoms with Crippen molar-refractivity contribution in [3.8, 4) is 17.2 Å². The van der Waals surface area contributed by atoms with Gasteiger partial charge in [-0.15, -0.1) is 0 Å². The third-order valence-corrected chi connectivity index (χ3v) is 10.0. The molecule has 236 valence electrons. The van der Waals surface area contributed by atoms with Crippen molar-refractivity contribution < 1.29 is 24.1 Å². The number of ether oxygens (including phenoxy) is 3. The van der Waals surface area contributed by atoms with Crippen molar-refractivity contribution in [3.05, 3.63) is 87.5 Å². The Morgan fingerprint density at radius 2 is 1.39 bits per heavy atom. The molecule has 1 unspecified atom stereocenters. The molecule has 1 heterocycles. The molecule has 0 spiro atoms. The predicted octanol–water partition coefficient (Wildman–Crippen LogP) is 9.40. The van der Waals surface area contributed by atoms with E-state index in [4.69, 9.17) is 14.2 Å². The molecule has 44 heavy (non-hydrogen) atoms. The van der Waals surface area contributed by atoms with Gasteiger partial charge in [0.05, 0.1) is 12.5 Å². The fourth-order valence-corrected chi connectivity index (χ4v) is 7.16. The molecule has 5 heteroatoms. The zero-order valence-corrected chi connectivity index (χ0v) is 28.5. The number of phenolic OH excluding ortho intramolecular Hbond substituents is 1. The maximum absolute atomic E-state index is 11.9. The van der Waals surface area contributed by atoms with E-state index in [0.29, 0.717) is 30.3 Å². The molecule has 1 aliphatic heterocycles. The Balaban J connectivity index is 1.74. The highest BCUT2D eigenvalue weighted by atomic mass is 16.7. The Morgan fingerprint density at radius 3 is 1.95 bits per heavy atom. The Labute approximate surface area is 263 Å². The first-order valence-electron chi connectivity index (χ1n) is 15.8. The molecule has 2 aliphatic rings. The normalized spacial score (nSPS) is 20.3. The number of fused-ring (bicyclic) bond motifs is 2. The Kier molecular flexibility index (Phi) is 7.67. The van der Waals surface area contributed by atoms with Gasteiger partial charge in [-0.05, 0) is 80.4 Å². The van der Waals surface area contributed by atoms with Gasteiger partial charge in [0.25, 0.3) is 0 Å². The van der Waals surface area contributed by atoms with Crippen LogP contribution in [0.15, 0.2) is 48.5 Å². The largest absolute Gasteiger partial charge is 0.513 e. The van der Waals surface area contributed by atoms with Crippen molar-refractivity contribution in [3.63, 3.8) is 0 Å². The van der Waals surface area contributed by atoms with Crippen molar-refractivity contribution in [2.24, 2.45) is 0 Å². The summed E-state index contributed by atoms with van der Waals surface area (Å²) in [6.07, 6.45) is 2.21. The van der Waals surface area contributed by atoms with Gasteiger partial charge in [0, 0.05) is 11.6 Å². The van der Waals surface area contributed by atoms with Crippen LogP contribution in [0.4, 0.5) is 4.79 Å². The van der Waals surface area contributed by atoms with Crippen molar-refractivity contribution in [2.45, 2.75) is 116 Å². The molecule has 0 saturated heterocycles. The van der Waals surface area contributed by atoms with Gasteiger partial charge in [0.1, 0.15) is 23.9 Å². The molecule has 3 aromatic rings. The van der Waals surface area contributed by atoms with Crippen LogP contribution >= 0.6 is 0 Å². The lowest BCUT2D eigenvalue weighted by atomic mass is 9.61. The molecular formula is C39H50O5. The highest BCUT2D eigenvalue weighted by Gasteiger charge is 2.45. The van der Waals surface area contributed by atoms with Gasteiger partial charge >= 0.3 is 6.16 Å². The second kappa shape index (κ2) is 10.6. The first kappa shape index (κ1) is 31.9. The number of benzene rings is 3. The van der Waals surface area contributed by atoms with Crippen LogP contribution in [0.1, 0.15) is 121 Å². The van der Waals surface area contributed by atoms with Gasteiger partial charge in [-0.25, -0.2) is 4.79 Å². The zero-order chi connectivity index (χ0) is 32.5. The van der Waals surface area contributed by atoms with E-state index in [2.05, 4.69) is 99.6 Å². The summed E-state index contributed by atoms with van der Waals surface area (Å²) in [6.45, 7) is 22.8. The van der Waals surface area contributed by atoms with Crippen LogP contribution in [0.25, 0.3) is 0 Å². The number of rotatable bonds is 4. The summed E-state index contributed by atoms with van der Waals surface area (Å²) >= 11 is 0. The van der Waals surface area contributed by atoms with Gasteiger partial charge in [0.2, 0.25) is 0 Å². The monoisotopic (exact) mass is 598 g/mol. The molecule has 5 rings (SSSR count). The van der Waals surface area contributed by atoms with E-state index in [1.807, 2.05) is 12.1 Å². The molecule has 1 aliphatic carbocycles. The lowest BCUT2D eigenvalue weighted by Crippen LogP contribution is -2.37. The molecule has 1 N–H and O–H groups in total. The number of carbonyl (C=O) groups is 1. The maximum Gasteiger partial charge on any atom is 0.513 e. The zero-order valence-electron chi connectivity index (χ0n) is 28.5. The minimum atomic E-state index is -0.762. The Morgan fingerprint density at radius 1 is 0.818 bits per heavy atom. The Bertz CT molecular complexity index is 1560. The minimum absolute atomic E-state index is 0.0555. The molecule has 3 aromatic carbocycles. The van der Waals surface area contributed by atoms with E-state index in [-0.39, 0.29) is 21.7 Å². The van der Waals surface area contributed by atoms with Crippen LogP contribution in [0, 0.1) is 0 Å². The van der Waals surface area contributed by atoms with Crippen molar-refractivity contribution in [1.82, 2.24) is 0 Å². The smallest absolute Gasteiger partial charge is 0.507 e. The number of carbonyl (C=O) groups excluding carboxylic acids is 1. The molecule has 0 aromatic heterocycles. The quantitative estimate of drug-likeness (QED) is 0.239. The highest BCUT2D eigenvalue weighted by molar-refractivity contribution is 5.65. The standard InChI is InChI=1S/C39H50O5/c1-35(2,3)30-18-24(19-31(33(30)40)36(4,5)6)22-39(23-43-32-21-26(13-15-28(32)39)44-34(41)42-11)25-12-14-27-29(20-25)38(9,10)17-16-37(27,7)8/h12-15,18-21,40H,16-17,22-23H2,1-11H3. The predicted molar refractivity (Wildman–Crippen MR) is 177 cm³/mol. The SMILES string of the molecule is COC(=O)Oc1ccc2c(c1)OCC2(Cc1cc(C(C)(C)C)c(O)c(C(C)(C)C)c1)c1ccc2c(c1)C(C)(C)CCC2(C)C. The number of hydrogen-bond donors (Lipinski definition) is 1. The summed E-state index contributed by atoms with van der Waals surface area (Å²) in [7, 11) is 1.30. The summed E-state index contributed by atoms with van der Waals surface area (Å²) in [4.78, 5) is 11.9. The molecular weight excluding hydrogens is 548 g/mol. The van der Waals surface area contributed by atoms with Crippen LogP contribution in [0.2, 0.25) is 0 Å². The number of aromatic hydroxyl groups is 1. The number of phenols is 1. The molecule has 0 saturated carbocycles. The fourth-order valence-electron chi connectivity index (χ4n) is 7.16. The molecule has 0 radical (unpaired) electrons. The number of hydrogen-bond acceptors (Lipinski definition) is 5. The fraction of sp³-hybridized carbons (Fsp3) is 0.513. The maximum atomic E-state index is 11.9. The van der Waals surface area contributed by atoms with E-state index in [1.165, 1.54) is 23.8 Å². The van der Waals surface area contributed by atoms with Crippen LogP contribution in [0.5, 0.6) is 17.2 Å². The van der Waals surface area contributed by atoms with Gasteiger partial charge in [-0.1, -0.05) is 106 Å². The molecule has 1 atom stereocenters. The van der Waals surface area contributed by atoms with Gasteiger partial charge in [0.15, 0.2) is 0 Å². The van der Waals surface area contributed by atoms with Crippen LogP contribution in [0.3, 0.4) is 0 Å². The number of methoxy groups -OCH3 is 1. The van der Waals surface area contributed by atoms with E-state index in [0.717, 1.165) is 35.1 Å². The van der Waals surface area contributed by atoms with Gasteiger partial charge < -0.3 is 19.3 Å². The molecule has 0 amide bonds. The van der Waals surface area contributed by atoms with E-state index >= 15 is 0 Å². The first-order valence-corrected chi connectivity index (χ1v) is 15.8. The summed E-state index contributed by atoms with van der Waals surface area (Å²) in [5.41, 5.74) is 7.35. The van der Waals surface area contributed by atoms with Gasteiger partial charge in [-0.3, -0.25) is 0 Å². The van der Waals surface area contributed by atoms with E-state index in [1.54, 1.807) is 6.07 Å². The van der Waals surface area contributed by atoms with Crippen LogP contribution in [-0.4, -0.2) is 25.0 Å². The summed E-state index contributed by atoms with van der Waals surface area (Å²) in [5, 5.41) is 11.5. The third-order valence-electron chi connectivity index (χ3n) is 10.0. The topological polar surface area (TPSA) is 65.0 Å². The van der Waals surface area contributed by atoms with Crippen molar-refractivity contribution in [1.29, 1.82) is 0 Å². The van der Waals surface area contributed by atoms with Crippen LogP contribution in [-0.2, 0) is 38.2 Å². The average molecular weight is 599 g/mol. The van der Waals surface area contributed by atoms with E-state index < -0.39 is 11.6 Å². The summed E-state index contributed by atoms with van der Waals surface area (Å²) in [5.74, 6) is 1.47. The van der Waals surface area contributed by atoms with Crippen LogP contribution < -0.4 is 9.47 Å². The second-order valence-corrected chi connectivity index (χ2v) is 16.3. The summed E-state index contributed by atoms with van der Waals surface area (Å²) < 4.78 is 16.5. The molecule has 0 fully saturated rings. The highest BCUT2D eigenvalue weighted by Crippen LogP contribution is 2.52. The Hall–Kier alpha value is -3.47. The first-order chi connectivity index (χ1) is 20.3. The van der Waals surface area contributed by atoms with E-state index in [9.17, 15) is 9.90 Å². The minimum Gasteiger partial charge on any atom is -0.507 e. The van der Waals surface area contributed by atoms with Crippen molar-refractivity contribution in [2.75, 3.05) is 13.7 Å².